The lowest BCUT2D eigenvalue weighted by Crippen LogP contribution is -2.28. The largest absolute Gasteiger partial charge is 0.392 e. The van der Waals surface area contributed by atoms with Crippen molar-refractivity contribution in [1.82, 2.24) is 0 Å². The van der Waals surface area contributed by atoms with Crippen molar-refractivity contribution in [2.24, 2.45) is 5.92 Å². The summed E-state index contributed by atoms with van der Waals surface area (Å²) in [6, 6.07) is 16.9. The van der Waals surface area contributed by atoms with E-state index in [0.29, 0.717) is 24.7 Å². The molecule has 2 nitrogen and oxygen atoms in total. The minimum absolute atomic E-state index is 0.146. The molecule has 0 unspecified atom stereocenters. The first-order chi connectivity index (χ1) is 12.2. The van der Waals surface area contributed by atoms with Crippen LogP contribution < -0.4 is 5.19 Å². The first-order valence-electron chi connectivity index (χ1n) is 8.93. The van der Waals surface area contributed by atoms with Gasteiger partial charge in [-0.05, 0) is 48.1 Å². The second-order valence-corrected chi connectivity index (χ2v) is 8.35. The third-order valence-corrected chi connectivity index (χ3v) is 6.99. The van der Waals surface area contributed by atoms with Gasteiger partial charge in [-0.15, -0.1) is 0 Å². The molecule has 130 valence electrons. The lowest BCUT2D eigenvalue weighted by atomic mass is 10.0. The average Bonchev–Trinajstić information content (AvgIpc) is 3.02. The normalized spacial score (nSPS) is 19.9. The van der Waals surface area contributed by atoms with E-state index in [2.05, 4.69) is 50.3 Å². The van der Waals surface area contributed by atoms with Gasteiger partial charge in [0, 0.05) is 5.92 Å². The van der Waals surface area contributed by atoms with E-state index in [1.807, 2.05) is 18.2 Å². The van der Waals surface area contributed by atoms with Gasteiger partial charge in [-0.2, -0.15) is 0 Å². The smallest absolute Gasteiger partial charge is 0.0856 e. The molecule has 3 heteroatoms. The Balaban J connectivity index is 1.64. The summed E-state index contributed by atoms with van der Waals surface area (Å²) in [7, 11) is 0.757. The quantitative estimate of drug-likeness (QED) is 0.611. The highest BCUT2D eigenvalue weighted by atomic mass is 28.2. The van der Waals surface area contributed by atoms with Crippen LogP contribution in [0.15, 0.2) is 60.2 Å². The van der Waals surface area contributed by atoms with E-state index >= 15 is 0 Å². The molecule has 3 rings (SSSR count). The number of aryl methyl sites for hydroxylation is 1. The van der Waals surface area contributed by atoms with Crippen LogP contribution in [0.25, 0.3) is 0 Å². The van der Waals surface area contributed by atoms with Crippen molar-refractivity contribution < 1.29 is 9.84 Å². The second kappa shape index (κ2) is 8.61. The maximum atomic E-state index is 9.71. The molecular formula is C22H26O2Si. The molecule has 2 aromatic carbocycles. The molecule has 1 aliphatic rings. The van der Waals surface area contributed by atoms with Gasteiger partial charge in [-0.3, -0.25) is 0 Å². The fraction of sp³-hybridized carbons (Fsp3) is 0.364. The van der Waals surface area contributed by atoms with Gasteiger partial charge in [0.2, 0.25) is 0 Å². The first-order valence-corrected chi connectivity index (χ1v) is 10.0. The van der Waals surface area contributed by atoms with Gasteiger partial charge < -0.3 is 9.84 Å². The van der Waals surface area contributed by atoms with Crippen LogP contribution in [0.3, 0.4) is 0 Å². The number of hydrogen-bond acceptors (Lipinski definition) is 2. The van der Waals surface area contributed by atoms with Gasteiger partial charge in [0.15, 0.2) is 0 Å². The summed E-state index contributed by atoms with van der Waals surface area (Å²) < 4.78 is 6.01. The number of allylic oxidation sites excluding steroid dienone is 1. The van der Waals surface area contributed by atoms with Crippen molar-refractivity contribution in [1.29, 1.82) is 0 Å². The zero-order valence-corrected chi connectivity index (χ0v) is 16.0. The molecule has 25 heavy (non-hydrogen) atoms. The third-order valence-electron chi connectivity index (χ3n) is 5.13. The first kappa shape index (κ1) is 18.1. The summed E-state index contributed by atoms with van der Waals surface area (Å²) in [4.78, 5) is 0. The minimum Gasteiger partial charge on any atom is -0.392 e. The van der Waals surface area contributed by atoms with E-state index in [0.717, 1.165) is 21.5 Å². The highest BCUT2D eigenvalue weighted by molar-refractivity contribution is 6.56. The van der Waals surface area contributed by atoms with E-state index in [4.69, 9.17) is 4.74 Å². The Morgan fingerprint density at radius 2 is 1.88 bits per heavy atom. The van der Waals surface area contributed by atoms with Crippen LogP contribution >= 0.6 is 0 Å². The van der Waals surface area contributed by atoms with Gasteiger partial charge in [0.1, 0.15) is 0 Å². The Morgan fingerprint density at radius 1 is 1.08 bits per heavy atom. The van der Waals surface area contributed by atoms with E-state index in [-0.39, 0.29) is 6.61 Å². The van der Waals surface area contributed by atoms with Crippen molar-refractivity contribution in [3.05, 3.63) is 76.9 Å². The van der Waals surface area contributed by atoms with Crippen LogP contribution in [-0.2, 0) is 11.3 Å². The Morgan fingerprint density at radius 3 is 2.64 bits per heavy atom. The highest BCUT2D eigenvalue weighted by Gasteiger charge is 2.30. The summed E-state index contributed by atoms with van der Waals surface area (Å²) in [5.74, 6) is 0.326. The standard InChI is InChI=1S/C22H26O2Si/c1-16-7-6-10-21(17(16)2)25-22-12-11-19(13-23)20(22)15-24-14-18-8-4-3-5-9-18/h3-11,20,22-23H,12-15H2,1-2H3/t20-,22-/m0/s1. The maximum Gasteiger partial charge on any atom is 0.0856 e. The van der Waals surface area contributed by atoms with Crippen molar-refractivity contribution in [2.75, 3.05) is 13.2 Å². The molecule has 0 bridgehead atoms. The predicted molar refractivity (Wildman–Crippen MR) is 104 cm³/mol. The topological polar surface area (TPSA) is 29.5 Å². The molecule has 2 radical (unpaired) electrons. The molecule has 0 aliphatic heterocycles. The fourth-order valence-electron chi connectivity index (χ4n) is 3.40. The monoisotopic (exact) mass is 350 g/mol. The van der Waals surface area contributed by atoms with Crippen molar-refractivity contribution >= 4 is 14.7 Å². The van der Waals surface area contributed by atoms with Crippen LogP contribution in [0.4, 0.5) is 0 Å². The number of ether oxygens (including phenoxy) is 1. The molecule has 0 saturated heterocycles. The summed E-state index contributed by atoms with van der Waals surface area (Å²) in [6.07, 6.45) is 3.26. The van der Waals surface area contributed by atoms with Crippen LogP contribution in [0.5, 0.6) is 0 Å². The fourth-order valence-corrected chi connectivity index (χ4v) is 5.15. The molecule has 0 amide bonds. The summed E-state index contributed by atoms with van der Waals surface area (Å²) in [5.41, 5.74) is 5.65. The number of benzene rings is 2. The lowest BCUT2D eigenvalue weighted by molar-refractivity contribution is 0.0937. The molecule has 1 aliphatic carbocycles. The van der Waals surface area contributed by atoms with Crippen molar-refractivity contribution in [3.8, 4) is 0 Å². The maximum absolute atomic E-state index is 9.71. The Hall–Kier alpha value is -1.68. The summed E-state index contributed by atoms with van der Waals surface area (Å²) in [6.45, 7) is 5.86. The summed E-state index contributed by atoms with van der Waals surface area (Å²) >= 11 is 0. The second-order valence-electron chi connectivity index (χ2n) is 6.78. The van der Waals surface area contributed by atoms with Crippen LogP contribution in [-0.4, -0.2) is 27.8 Å². The molecule has 2 aromatic rings. The molecule has 0 heterocycles. The Kier molecular flexibility index (Phi) is 6.24. The lowest BCUT2D eigenvalue weighted by Gasteiger charge is -2.23. The van der Waals surface area contributed by atoms with Gasteiger partial charge in [0.05, 0.1) is 29.3 Å². The molecule has 0 saturated carbocycles. The van der Waals surface area contributed by atoms with Gasteiger partial charge >= 0.3 is 0 Å². The molecule has 0 fully saturated rings. The molecule has 1 N–H and O–H groups in total. The number of aliphatic hydroxyl groups is 1. The molecule has 2 atom stereocenters. The van der Waals surface area contributed by atoms with E-state index in [9.17, 15) is 5.11 Å². The highest BCUT2D eigenvalue weighted by Crippen LogP contribution is 2.36. The summed E-state index contributed by atoms with van der Waals surface area (Å²) in [5, 5.41) is 11.2. The van der Waals surface area contributed by atoms with Gasteiger partial charge in [-0.1, -0.05) is 59.8 Å². The molecular weight excluding hydrogens is 324 g/mol. The van der Waals surface area contributed by atoms with Gasteiger partial charge in [0.25, 0.3) is 0 Å². The van der Waals surface area contributed by atoms with Crippen LogP contribution in [0.2, 0.25) is 5.54 Å². The average molecular weight is 351 g/mol. The van der Waals surface area contributed by atoms with Crippen LogP contribution in [0.1, 0.15) is 23.1 Å². The van der Waals surface area contributed by atoms with Gasteiger partial charge in [-0.25, -0.2) is 0 Å². The van der Waals surface area contributed by atoms with E-state index in [1.165, 1.54) is 21.9 Å². The molecule has 0 spiro atoms. The van der Waals surface area contributed by atoms with Crippen molar-refractivity contribution in [3.63, 3.8) is 0 Å². The predicted octanol–water partition coefficient (Wildman–Crippen LogP) is 3.58. The van der Waals surface area contributed by atoms with Crippen molar-refractivity contribution in [2.45, 2.75) is 32.4 Å². The van der Waals surface area contributed by atoms with E-state index < -0.39 is 0 Å². The third kappa shape index (κ3) is 4.49. The SMILES string of the molecule is Cc1cccc([Si][C@H]2CC=C(CO)[C@@H]2COCc2ccccc2)c1C. The zero-order chi connectivity index (χ0) is 17.6. The van der Waals surface area contributed by atoms with Crippen LogP contribution in [0, 0.1) is 19.8 Å². The number of hydrogen-bond donors (Lipinski definition) is 1. The Bertz CT molecular complexity index is 724. The number of aliphatic hydroxyl groups excluding tert-OH is 1. The molecule has 0 aromatic heterocycles. The van der Waals surface area contributed by atoms with E-state index in [1.54, 1.807) is 0 Å². The Labute approximate surface area is 153 Å². The minimum atomic E-state index is 0.146. The zero-order valence-electron chi connectivity index (χ0n) is 15.0. The number of rotatable bonds is 7.